The summed E-state index contributed by atoms with van der Waals surface area (Å²) in [6.45, 7) is 17.4. The van der Waals surface area contributed by atoms with E-state index in [4.69, 9.17) is 14.3 Å². The largest absolute Gasteiger partial charge is 0.497 e. The number of ether oxygens (including phenoxy) is 2. The number of unbranched alkanes of at least 4 members (excludes halogenated alkanes) is 2. The van der Waals surface area contributed by atoms with Crippen LogP contribution in [0.3, 0.4) is 0 Å². The molecule has 3 aromatic rings. The van der Waals surface area contributed by atoms with E-state index >= 15 is 0 Å². The van der Waals surface area contributed by atoms with Crippen LogP contribution < -0.4 is 20.1 Å². The molecular weight excluding hydrogens is 1010 g/mol. The molecule has 0 aliphatic carbocycles. The Bertz CT molecular complexity index is 2410. The predicted octanol–water partition coefficient (Wildman–Crippen LogP) is 8.35. The van der Waals surface area contributed by atoms with Gasteiger partial charge in [-0.1, -0.05) is 111 Å². The van der Waals surface area contributed by atoms with Gasteiger partial charge < -0.3 is 29.9 Å². The number of piperidine rings is 2. The van der Waals surface area contributed by atoms with Crippen molar-refractivity contribution in [2.24, 2.45) is 34.5 Å². The first-order valence-electron chi connectivity index (χ1n) is 27.9. The molecule has 4 atom stereocenters. The molecule has 79 heavy (non-hydrogen) atoms. The summed E-state index contributed by atoms with van der Waals surface area (Å²) in [5.74, 6) is -0.933. The highest BCUT2D eigenvalue weighted by molar-refractivity contribution is 5.99. The number of rotatable bonds is 27. The van der Waals surface area contributed by atoms with Crippen molar-refractivity contribution in [1.82, 2.24) is 30.6 Å². The standard InChI is InChI=1S/C34H47N3O6.C27H41N3O6/c1-6-7-13-28(22-37(24-38)43-23-25-11-9-8-10-12-25)32(40)35-31(34(2,3)4)33(41)36-20-18-27(19-21-36)30(39)26-14-16-29(42-5)17-15-26;1-6-7-8-21(17-30(35)18-31)25(33)28-24(27(2,3)4)26(34)29-15-13-20(14-16-29)23(32)19-9-11-22(36-5)12-10-19/h8-12,14-17,24,27-28,31H,6-7,13,18-23H2,1-5H3,(H,35,40);9-12,18,20-21,24,35H,6-8,13-17H2,1-5H3,(H,28,33)/t28-,31-;21-,24-/m11/s1. The summed E-state index contributed by atoms with van der Waals surface area (Å²) in [5.41, 5.74) is 1.08. The SMILES string of the molecule is CCCC[C@H](CN(C=O)OCc1ccccc1)C(=O)N[C@H](C(=O)N1CCC(C(=O)c2ccc(OC)cc2)CC1)C(C)(C)C.CCCC[C@H](CN(O)C=O)C(=O)N[C@H](C(=O)N1CCC(C(=O)c2ccc(OC)cc2)CC1)C(C)(C)C. The van der Waals surface area contributed by atoms with E-state index in [9.17, 15) is 43.6 Å². The Morgan fingerprint density at radius 1 is 0.608 bits per heavy atom. The van der Waals surface area contributed by atoms with Gasteiger partial charge in [0, 0.05) is 49.1 Å². The van der Waals surface area contributed by atoms with Gasteiger partial charge in [0.15, 0.2) is 11.6 Å². The number of carbonyl (C=O) groups excluding carboxylic acids is 8. The molecule has 18 nitrogen and oxygen atoms in total. The number of benzene rings is 3. The summed E-state index contributed by atoms with van der Waals surface area (Å²) in [4.78, 5) is 112. The second-order valence-electron chi connectivity index (χ2n) is 22.9. The van der Waals surface area contributed by atoms with Gasteiger partial charge in [0.2, 0.25) is 36.4 Å². The zero-order valence-corrected chi connectivity index (χ0v) is 48.4. The number of methoxy groups -OCH3 is 2. The molecule has 3 aromatic carbocycles. The smallest absolute Gasteiger partial charge is 0.245 e. The molecule has 2 heterocycles. The summed E-state index contributed by atoms with van der Waals surface area (Å²) < 4.78 is 10.3. The minimum Gasteiger partial charge on any atom is -0.497 e. The van der Waals surface area contributed by atoms with E-state index in [0.29, 0.717) is 98.8 Å². The van der Waals surface area contributed by atoms with E-state index in [0.717, 1.165) is 31.2 Å². The molecule has 0 saturated carbocycles. The highest BCUT2D eigenvalue weighted by Gasteiger charge is 2.41. The average molecular weight is 1100 g/mol. The molecular formula is C61H88N6O12. The first-order valence-corrected chi connectivity index (χ1v) is 27.9. The summed E-state index contributed by atoms with van der Waals surface area (Å²) >= 11 is 0. The van der Waals surface area contributed by atoms with Crippen LogP contribution in [0.15, 0.2) is 78.9 Å². The van der Waals surface area contributed by atoms with Crippen molar-refractivity contribution in [2.75, 3.05) is 53.5 Å². The molecule has 0 aromatic heterocycles. The number of Topliss-reactive ketones (excluding diaryl/α,β-unsaturated/α-hetero) is 2. The van der Waals surface area contributed by atoms with E-state index in [1.807, 2.05) is 85.7 Å². The number of hydrogen-bond donors (Lipinski definition) is 3. The van der Waals surface area contributed by atoms with E-state index in [1.165, 1.54) is 5.06 Å². The summed E-state index contributed by atoms with van der Waals surface area (Å²) in [5, 5.41) is 17.2. The van der Waals surface area contributed by atoms with Crippen LogP contribution in [0, 0.1) is 34.5 Å². The van der Waals surface area contributed by atoms with Crippen molar-refractivity contribution in [1.29, 1.82) is 0 Å². The third-order valence-corrected chi connectivity index (χ3v) is 14.7. The van der Waals surface area contributed by atoms with Gasteiger partial charge in [0.1, 0.15) is 30.2 Å². The third-order valence-electron chi connectivity index (χ3n) is 14.7. The van der Waals surface area contributed by atoms with Crippen LogP contribution in [-0.2, 0) is 40.2 Å². The van der Waals surface area contributed by atoms with Crippen LogP contribution in [0.25, 0.3) is 0 Å². The quantitative estimate of drug-likeness (QED) is 0.0284. The Morgan fingerprint density at radius 3 is 1.34 bits per heavy atom. The molecule has 2 aliphatic heterocycles. The lowest BCUT2D eigenvalue weighted by atomic mass is 9.83. The van der Waals surface area contributed by atoms with Gasteiger partial charge in [-0.3, -0.25) is 48.4 Å². The number of likely N-dealkylation sites (tertiary alicyclic amines) is 2. The lowest BCUT2D eigenvalue weighted by Gasteiger charge is -2.38. The molecule has 18 heteroatoms. The maximum atomic E-state index is 13.8. The third kappa shape index (κ3) is 20.2. The molecule has 0 radical (unpaired) electrons. The molecule has 2 fully saturated rings. The first kappa shape index (κ1) is 64.9. The molecule has 0 unspecified atom stereocenters. The zero-order chi connectivity index (χ0) is 58.3. The maximum Gasteiger partial charge on any atom is 0.245 e. The Balaban J connectivity index is 0.000000346. The molecule has 3 N–H and O–H groups in total. The van der Waals surface area contributed by atoms with Crippen LogP contribution >= 0.6 is 0 Å². The van der Waals surface area contributed by atoms with Crippen molar-refractivity contribution >= 4 is 48.0 Å². The monoisotopic (exact) mass is 1100 g/mol. The highest BCUT2D eigenvalue weighted by Crippen LogP contribution is 2.30. The minimum atomic E-state index is -0.772. The topological polar surface area (TPSA) is 221 Å². The fourth-order valence-corrected chi connectivity index (χ4v) is 9.74. The van der Waals surface area contributed by atoms with Gasteiger partial charge in [0.05, 0.1) is 39.1 Å². The number of carbonyl (C=O) groups is 8. The molecule has 6 amide bonds. The van der Waals surface area contributed by atoms with Crippen molar-refractivity contribution in [3.8, 4) is 11.5 Å². The second kappa shape index (κ2) is 31.8. The molecule has 434 valence electrons. The Morgan fingerprint density at radius 2 is 1.00 bits per heavy atom. The van der Waals surface area contributed by atoms with E-state index < -0.39 is 34.7 Å². The number of nitrogens with zero attached hydrogens (tertiary/aromatic N) is 4. The van der Waals surface area contributed by atoms with Gasteiger partial charge in [-0.15, -0.1) is 0 Å². The predicted molar refractivity (Wildman–Crippen MR) is 301 cm³/mol. The Hall–Kier alpha value is -6.66. The lowest BCUT2D eigenvalue weighted by Crippen LogP contribution is -2.57. The normalized spacial score (nSPS) is 15.7. The Labute approximate surface area is 468 Å². The van der Waals surface area contributed by atoms with E-state index in [2.05, 4.69) is 10.6 Å². The summed E-state index contributed by atoms with van der Waals surface area (Å²) in [6, 6.07) is 22.1. The van der Waals surface area contributed by atoms with Crippen molar-refractivity contribution in [2.45, 2.75) is 138 Å². The first-order chi connectivity index (χ1) is 37.6. The summed E-state index contributed by atoms with van der Waals surface area (Å²) in [7, 11) is 3.17. The lowest BCUT2D eigenvalue weighted by molar-refractivity contribution is -0.182. The number of hydrogen-bond acceptors (Lipinski definition) is 12. The highest BCUT2D eigenvalue weighted by atomic mass is 16.7. The number of hydroxylamine groups is 4. The van der Waals surface area contributed by atoms with E-state index in [-0.39, 0.29) is 73.1 Å². The minimum absolute atomic E-state index is 0.0629. The molecule has 0 spiro atoms. The van der Waals surface area contributed by atoms with Gasteiger partial charge in [-0.25, -0.2) is 10.1 Å². The molecule has 0 bridgehead atoms. The number of amides is 6. The van der Waals surface area contributed by atoms with Crippen LogP contribution in [0.5, 0.6) is 11.5 Å². The van der Waals surface area contributed by atoms with Crippen LogP contribution in [-0.4, -0.2) is 139 Å². The number of nitrogens with one attached hydrogen (secondary N) is 2. The van der Waals surface area contributed by atoms with Crippen LogP contribution in [0.4, 0.5) is 0 Å². The van der Waals surface area contributed by atoms with Crippen molar-refractivity contribution in [3.05, 3.63) is 95.6 Å². The Kier molecular flexibility index (Phi) is 26.1. The average Bonchev–Trinajstić information content (AvgIpc) is 3.46. The van der Waals surface area contributed by atoms with Crippen molar-refractivity contribution in [3.63, 3.8) is 0 Å². The molecule has 2 aliphatic rings. The number of ketones is 2. The van der Waals surface area contributed by atoms with Gasteiger partial charge in [0.25, 0.3) is 0 Å². The van der Waals surface area contributed by atoms with Crippen LogP contribution in [0.2, 0.25) is 0 Å². The van der Waals surface area contributed by atoms with E-state index in [1.54, 1.807) is 72.6 Å². The maximum absolute atomic E-state index is 13.8. The fourth-order valence-electron chi connectivity index (χ4n) is 9.74. The molecule has 2 saturated heterocycles. The summed E-state index contributed by atoms with van der Waals surface area (Å²) in [6.07, 6.45) is 7.48. The van der Waals surface area contributed by atoms with Gasteiger partial charge in [-0.05, 0) is 103 Å². The van der Waals surface area contributed by atoms with Gasteiger partial charge in [-0.2, -0.15) is 0 Å². The second-order valence-corrected chi connectivity index (χ2v) is 22.9. The van der Waals surface area contributed by atoms with Crippen LogP contribution in [0.1, 0.15) is 146 Å². The zero-order valence-electron chi connectivity index (χ0n) is 48.4. The molecule has 5 rings (SSSR count). The van der Waals surface area contributed by atoms with Gasteiger partial charge >= 0.3 is 0 Å². The fraction of sp³-hybridized carbons (Fsp3) is 0.574. The van der Waals surface area contributed by atoms with Crippen molar-refractivity contribution < 1.29 is 57.9 Å².